The largest absolute Gasteiger partial charge is 0.463 e. The zero-order chi connectivity index (χ0) is 19.3. The highest BCUT2D eigenvalue weighted by atomic mass is 16.5. The Balaban J connectivity index is 1.95. The van der Waals surface area contributed by atoms with Crippen LogP contribution in [-0.4, -0.2) is 60.5 Å². The fraction of sp³-hybridized carbons (Fsp3) is 0.562. The molecule has 1 atom stereocenters. The summed E-state index contributed by atoms with van der Waals surface area (Å²) < 4.78 is 10.0. The molecule has 0 aromatic heterocycles. The van der Waals surface area contributed by atoms with Crippen LogP contribution in [-0.2, 0) is 28.7 Å². The summed E-state index contributed by atoms with van der Waals surface area (Å²) in [6.07, 6.45) is 0.141. The van der Waals surface area contributed by atoms with Gasteiger partial charge in [0.05, 0.1) is 30.3 Å². The third kappa shape index (κ3) is 4.58. The summed E-state index contributed by atoms with van der Waals surface area (Å²) in [5.74, 6) is -1.90. The van der Waals surface area contributed by atoms with Gasteiger partial charge in [0, 0.05) is 19.4 Å². The Morgan fingerprint density at radius 1 is 1.15 bits per heavy atom. The molecule has 0 aromatic carbocycles. The minimum Gasteiger partial charge on any atom is -0.463 e. The van der Waals surface area contributed by atoms with Gasteiger partial charge in [0.1, 0.15) is 6.61 Å². The molecular formula is C16H21N3O7. The second-order valence-electron chi connectivity index (χ2n) is 5.78. The molecule has 26 heavy (non-hydrogen) atoms. The number of esters is 2. The van der Waals surface area contributed by atoms with E-state index in [1.807, 2.05) is 0 Å². The van der Waals surface area contributed by atoms with E-state index in [0.717, 1.165) is 4.90 Å². The molecule has 0 aliphatic carbocycles. The Bertz CT molecular complexity index is 655. The topological polar surface area (TPSA) is 131 Å². The van der Waals surface area contributed by atoms with E-state index in [1.54, 1.807) is 13.8 Å². The van der Waals surface area contributed by atoms with E-state index >= 15 is 0 Å². The fourth-order valence-corrected chi connectivity index (χ4v) is 2.69. The van der Waals surface area contributed by atoms with Crippen molar-refractivity contribution in [3.05, 3.63) is 11.3 Å². The zero-order valence-electron chi connectivity index (χ0n) is 14.6. The summed E-state index contributed by atoms with van der Waals surface area (Å²) in [6, 6.07) is -1.12. The maximum Gasteiger partial charge on any atom is 0.338 e. The van der Waals surface area contributed by atoms with Gasteiger partial charge in [-0.1, -0.05) is 0 Å². The summed E-state index contributed by atoms with van der Waals surface area (Å²) >= 11 is 0. The molecule has 0 aromatic rings. The Morgan fingerprint density at radius 2 is 1.81 bits per heavy atom. The highest BCUT2D eigenvalue weighted by Gasteiger charge is 2.31. The number of nitrogens with zero attached hydrogens (tertiary/aromatic N) is 1. The van der Waals surface area contributed by atoms with Crippen molar-refractivity contribution < 1.29 is 33.4 Å². The lowest BCUT2D eigenvalue weighted by atomic mass is 10.0. The Morgan fingerprint density at radius 3 is 2.42 bits per heavy atom. The average Bonchev–Trinajstić information content (AvgIpc) is 2.89. The minimum absolute atomic E-state index is 0.0510. The van der Waals surface area contributed by atoms with Crippen molar-refractivity contribution in [1.29, 1.82) is 0 Å². The first-order valence-electron chi connectivity index (χ1n) is 8.30. The van der Waals surface area contributed by atoms with Crippen LogP contribution in [0, 0.1) is 0 Å². The molecule has 142 valence electrons. The number of carbonyl (C=O) groups is 5. The Hall–Kier alpha value is -2.91. The lowest BCUT2D eigenvalue weighted by Gasteiger charge is -2.26. The number of amides is 4. The maximum atomic E-state index is 12.0. The van der Waals surface area contributed by atoms with Gasteiger partial charge in [0.15, 0.2) is 0 Å². The van der Waals surface area contributed by atoms with Crippen LogP contribution in [0.3, 0.4) is 0 Å². The predicted octanol–water partition coefficient (Wildman–Crippen LogP) is -0.413. The highest BCUT2D eigenvalue weighted by molar-refractivity contribution is 6.02. The number of nitrogens with one attached hydrogen (secondary N) is 2. The van der Waals surface area contributed by atoms with Crippen LogP contribution in [0.5, 0.6) is 0 Å². The molecule has 0 bridgehead atoms. The van der Waals surface area contributed by atoms with Crippen molar-refractivity contribution in [2.45, 2.75) is 39.2 Å². The van der Waals surface area contributed by atoms with Crippen molar-refractivity contribution in [2.24, 2.45) is 0 Å². The van der Waals surface area contributed by atoms with Gasteiger partial charge in [-0.25, -0.2) is 9.59 Å². The van der Waals surface area contributed by atoms with Crippen LogP contribution in [0.25, 0.3) is 0 Å². The number of carbonyl (C=O) groups excluding carboxylic acids is 5. The number of hydrogen-bond acceptors (Lipinski definition) is 7. The van der Waals surface area contributed by atoms with Crippen molar-refractivity contribution in [2.75, 3.05) is 19.8 Å². The van der Waals surface area contributed by atoms with Crippen LogP contribution in [0.4, 0.5) is 4.79 Å². The van der Waals surface area contributed by atoms with Crippen molar-refractivity contribution in [1.82, 2.24) is 15.5 Å². The molecule has 1 saturated heterocycles. The highest BCUT2D eigenvalue weighted by Crippen LogP contribution is 2.15. The molecule has 2 N–H and O–H groups in total. The van der Waals surface area contributed by atoms with Gasteiger partial charge in [-0.3, -0.25) is 19.3 Å². The van der Waals surface area contributed by atoms with Crippen LogP contribution in [0.15, 0.2) is 11.3 Å². The Labute approximate surface area is 149 Å². The first-order valence-corrected chi connectivity index (χ1v) is 8.30. The number of imide groups is 1. The third-order valence-corrected chi connectivity index (χ3v) is 3.94. The SMILES string of the molecule is CCOC(=O)C1=C(COC(=O)CCN2C(=O)CCC2=O)NC(=O)NC1C. The van der Waals surface area contributed by atoms with Gasteiger partial charge in [-0.2, -0.15) is 0 Å². The van der Waals surface area contributed by atoms with Gasteiger partial charge >= 0.3 is 18.0 Å². The predicted molar refractivity (Wildman–Crippen MR) is 86.3 cm³/mol. The second kappa shape index (κ2) is 8.45. The summed E-state index contributed by atoms with van der Waals surface area (Å²) in [5, 5.41) is 4.96. The van der Waals surface area contributed by atoms with Crippen molar-refractivity contribution in [3.63, 3.8) is 0 Å². The smallest absolute Gasteiger partial charge is 0.338 e. The van der Waals surface area contributed by atoms with E-state index in [2.05, 4.69) is 10.6 Å². The van der Waals surface area contributed by atoms with E-state index in [-0.39, 0.29) is 62.1 Å². The molecule has 2 heterocycles. The normalized spacial score (nSPS) is 20.0. The summed E-state index contributed by atoms with van der Waals surface area (Å²) in [5.41, 5.74) is 0.311. The molecule has 0 spiro atoms. The molecule has 1 unspecified atom stereocenters. The summed E-state index contributed by atoms with van der Waals surface area (Å²) in [7, 11) is 0. The number of rotatable bonds is 7. The number of hydrogen-bond donors (Lipinski definition) is 2. The van der Waals surface area contributed by atoms with E-state index in [9.17, 15) is 24.0 Å². The van der Waals surface area contributed by atoms with Crippen LogP contribution < -0.4 is 10.6 Å². The average molecular weight is 367 g/mol. The molecule has 10 heteroatoms. The molecule has 10 nitrogen and oxygen atoms in total. The van der Waals surface area contributed by atoms with Crippen LogP contribution >= 0.6 is 0 Å². The number of likely N-dealkylation sites (tertiary alicyclic amines) is 1. The molecule has 2 rings (SSSR count). The van der Waals surface area contributed by atoms with E-state index in [1.165, 1.54) is 0 Å². The molecule has 1 fully saturated rings. The first-order chi connectivity index (χ1) is 12.3. The molecular weight excluding hydrogens is 346 g/mol. The standard InChI is InChI=1S/C16H21N3O7/c1-3-25-15(23)14-9(2)17-16(24)18-10(14)8-26-13(22)6-7-19-11(20)4-5-12(19)21/h9H,3-8H2,1-2H3,(H2,17,18,24). The third-order valence-electron chi connectivity index (χ3n) is 3.94. The summed E-state index contributed by atoms with van der Waals surface area (Å²) in [6.45, 7) is 3.04. The van der Waals surface area contributed by atoms with Gasteiger partial charge < -0.3 is 20.1 Å². The van der Waals surface area contributed by atoms with Gasteiger partial charge in [-0.15, -0.1) is 0 Å². The monoisotopic (exact) mass is 367 g/mol. The Kier molecular flexibility index (Phi) is 6.31. The summed E-state index contributed by atoms with van der Waals surface area (Å²) in [4.78, 5) is 59.5. The maximum absolute atomic E-state index is 12.0. The van der Waals surface area contributed by atoms with Crippen LogP contribution in [0.1, 0.15) is 33.1 Å². The lowest BCUT2D eigenvalue weighted by molar-refractivity contribution is -0.145. The van der Waals surface area contributed by atoms with Crippen LogP contribution in [0.2, 0.25) is 0 Å². The fourth-order valence-electron chi connectivity index (χ4n) is 2.69. The number of ether oxygens (including phenoxy) is 2. The van der Waals surface area contributed by atoms with Gasteiger partial charge in [0.2, 0.25) is 11.8 Å². The van der Waals surface area contributed by atoms with E-state index in [0.29, 0.717) is 0 Å². The van der Waals surface area contributed by atoms with Crippen molar-refractivity contribution in [3.8, 4) is 0 Å². The molecule has 4 amide bonds. The number of urea groups is 1. The molecule has 0 saturated carbocycles. The minimum atomic E-state index is -0.659. The lowest BCUT2D eigenvalue weighted by Crippen LogP contribution is -2.50. The van der Waals surface area contributed by atoms with Gasteiger partial charge in [0.25, 0.3) is 0 Å². The molecule has 0 radical (unpaired) electrons. The zero-order valence-corrected chi connectivity index (χ0v) is 14.6. The first kappa shape index (κ1) is 19.4. The molecule has 2 aliphatic rings. The molecule has 2 aliphatic heterocycles. The second-order valence-corrected chi connectivity index (χ2v) is 5.78. The van der Waals surface area contributed by atoms with E-state index in [4.69, 9.17) is 9.47 Å². The van der Waals surface area contributed by atoms with E-state index < -0.39 is 24.0 Å². The van der Waals surface area contributed by atoms with Crippen molar-refractivity contribution >= 4 is 29.8 Å². The quantitative estimate of drug-likeness (QED) is 0.462. The van der Waals surface area contributed by atoms with Gasteiger partial charge in [-0.05, 0) is 13.8 Å².